The van der Waals surface area contributed by atoms with Crippen LogP contribution in [-0.2, 0) is 4.79 Å². The number of amides is 1. The first-order valence-corrected chi connectivity index (χ1v) is 4.26. The summed E-state index contributed by atoms with van der Waals surface area (Å²) in [6.45, 7) is 1.92. The van der Waals surface area contributed by atoms with Gasteiger partial charge >= 0.3 is 0 Å². The Bertz CT molecular complexity index is 372. The van der Waals surface area contributed by atoms with Crippen molar-refractivity contribution >= 4 is 17.7 Å². The predicted molar refractivity (Wildman–Crippen MR) is 56.2 cm³/mol. The first kappa shape index (κ1) is 10.2. The average molecular weight is 191 g/mol. The van der Waals surface area contributed by atoms with E-state index in [9.17, 15) is 4.79 Å². The van der Waals surface area contributed by atoms with Crippen LogP contribution in [0.1, 0.15) is 17.7 Å². The summed E-state index contributed by atoms with van der Waals surface area (Å²) < 4.78 is 0. The Kier molecular flexibility index (Phi) is 3.23. The molecule has 0 saturated carbocycles. The fourth-order valence-electron chi connectivity index (χ4n) is 1.03. The van der Waals surface area contributed by atoms with E-state index in [1.54, 1.807) is 18.3 Å². The molecule has 0 atom stereocenters. The van der Waals surface area contributed by atoms with Gasteiger partial charge in [0.25, 0.3) is 0 Å². The molecule has 1 aromatic rings. The van der Waals surface area contributed by atoms with Crippen molar-refractivity contribution in [1.82, 2.24) is 4.98 Å². The summed E-state index contributed by atoms with van der Waals surface area (Å²) in [5, 5.41) is 0. The first-order valence-electron chi connectivity index (χ1n) is 4.26. The summed E-state index contributed by atoms with van der Waals surface area (Å²) in [4.78, 5) is 14.6. The van der Waals surface area contributed by atoms with Crippen LogP contribution < -0.4 is 11.5 Å². The molecule has 0 saturated heterocycles. The SMILES string of the molecule is Cc1cnc(C=CCC(N)=O)c(N)c1. The zero-order valence-corrected chi connectivity index (χ0v) is 8.03. The standard InChI is InChI=1S/C10H13N3O/c1-7-5-8(11)9(13-6-7)3-2-4-10(12)14/h2-3,5-6H,4,11H2,1H3,(H2,12,14). The van der Waals surface area contributed by atoms with Crippen molar-refractivity contribution in [2.24, 2.45) is 5.73 Å². The van der Waals surface area contributed by atoms with Gasteiger partial charge in [-0.05, 0) is 24.6 Å². The molecule has 0 bridgehead atoms. The van der Waals surface area contributed by atoms with E-state index in [4.69, 9.17) is 11.5 Å². The van der Waals surface area contributed by atoms with Gasteiger partial charge in [0, 0.05) is 12.6 Å². The first-order chi connectivity index (χ1) is 6.59. The van der Waals surface area contributed by atoms with Gasteiger partial charge in [-0.25, -0.2) is 0 Å². The van der Waals surface area contributed by atoms with Crippen LogP contribution in [0.2, 0.25) is 0 Å². The van der Waals surface area contributed by atoms with Crippen molar-refractivity contribution in [3.05, 3.63) is 29.6 Å². The quantitative estimate of drug-likeness (QED) is 0.743. The lowest BCUT2D eigenvalue weighted by atomic mass is 10.2. The van der Waals surface area contributed by atoms with E-state index in [2.05, 4.69) is 4.98 Å². The third-order valence-electron chi connectivity index (χ3n) is 1.68. The molecule has 0 aromatic carbocycles. The number of hydrogen-bond acceptors (Lipinski definition) is 3. The smallest absolute Gasteiger partial charge is 0.221 e. The van der Waals surface area contributed by atoms with E-state index in [0.29, 0.717) is 11.4 Å². The van der Waals surface area contributed by atoms with Crippen LogP contribution in [0.5, 0.6) is 0 Å². The van der Waals surface area contributed by atoms with Crippen molar-refractivity contribution < 1.29 is 4.79 Å². The molecule has 0 unspecified atom stereocenters. The lowest BCUT2D eigenvalue weighted by Crippen LogP contribution is -2.08. The molecule has 74 valence electrons. The van der Waals surface area contributed by atoms with Crippen LogP contribution in [0, 0.1) is 6.92 Å². The maximum Gasteiger partial charge on any atom is 0.221 e. The van der Waals surface area contributed by atoms with Gasteiger partial charge in [-0.3, -0.25) is 9.78 Å². The number of anilines is 1. The number of aromatic nitrogens is 1. The van der Waals surface area contributed by atoms with Gasteiger partial charge in [-0.2, -0.15) is 0 Å². The molecule has 1 amide bonds. The van der Waals surface area contributed by atoms with Crippen molar-refractivity contribution in [3.8, 4) is 0 Å². The highest BCUT2D eigenvalue weighted by molar-refractivity contribution is 5.76. The second kappa shape index (κ2) is 4.41. The Hall–Kier alpha value is -1.84. The third kappa shape index (κ3) is 2.90. The van der Waals surface area contributed by atoms with E-state index in [1.807, 2.05) is 13.0 Å². The van der Waals surface area contributed by atoms with Gasteiger partial charge in [0.15, 0.2) is 0 Å². The number of carbonyl (C=O) groups excluding carboxylic acids is 1. The largest absolute Gasteiger partial charge is 0.397 e. The molecule has 1 rings (SSSR count). The van der Waals surface area contributed by atoms with Crippen LogP contribution in [0.25, 0.3) is 6.08 Å². The minimum Gasteiger partial charge on any atom is -0.397 e. The monoisotopic (exact) mass is 191 g/mol. The minimum absolute atomic E-state index is 0.203. The van der Waals surface area contributed by atoms with Gasteiger partial charge < -0.3 is 11.5 Å². The van der Waals surface area contributed by atoms with Crippen LogP contribution in [0.3, 0.4) is 0 Å². The predicted octanol–water partition coefficient (Wildman–Crippen LogP) is 0.861. The van der Waals surface area contributed by atoms with Crippen molar-refractivity contribution in [1.29, 1.82) is 0 Å². The molecule has 4 heteroatoms. The van der Waals surface area contributed by atoms with Crippen LogP contribution in [0.15, 0.2) is 18.3 Å². The fraction of sp³-hybridized carbons (Fsp3) is 0.200. The molecule has 0 fully saturated rings. The van der Waals surface area contributed by atoms with E-state index in [1.165, 1.54) is 0 Å². The van der Waals surface area contributed by atoms with Crippen molar-refractivity contribution in [2.75, 3.05) is 5.73 Å². The van der Waals surface area contributed by atoms with Crippen LogP contribution >= 0.6 is 0 Å². The maximum atomic E-state index is 10.4. The van der Waals surface area contributed by atoms with Gasteiger partial charge in [0.2, 0.25) is 5.91 Å². The summed E-state index contributed by atoms with van der Waals surface area (Å²) in [5.74, 6) is -0.369. The summed E-state index contributed by atoms with van der Waals surface area (Å²) in [6.07, 6.45) is 5.27. The van der Waals surface area contributed by atoms with E-state index in [-0.39, 0.29) is 12.3 Å². The van der Waals surface area contributed by atoms with Crippen LogP contribution in [-0.4, -0.2) is 10.9 Å². The molecule has 0 aliphatic rings. The highest BCUT2D eigenvalue weighted by atomic mass is 16.1. The molecule has 0 radical (unpaired) electrons. The van der Waals surface area contributed by atoms with E-state index in [0.717, 1.165) is 5.56 Å². The summed E-state index contributed by atoms with van der Waals surface area (Å²) in [6, 6.07) is 1.83. The number of carbonyl (C=O) groups is 1. The number of rotatable bonds is 3. The Morgan fingerprint density at radius 3 is 2.93 bits per heavy atom. The van der Waals surface area contributed by atoms with Gasteiger partial charge in [0.05, 0.1) is 11.4 Å². The Morgan fingerprint density at radius 1 is 1.64 bits per heavy atom. The second-order valence-corrected chi connectivity index (χ2v) is 3.06. The third-order valence-corrected chi connectivity index (χ3v) is 1.68. The number of hydrogen-bond donors (Lipinski definition) is 2. The number of nitrogens with two attached hydrogens (primary N) is 2. The second-order valence-electron chi connectivity index (χ2n) is 3.06. The average Bonchev–Trinajstić information content (AvgIpc) is 2.08. The number of primary amides is 1. The zero-order valence-electron chi connectivity index (χ0n) is 8.03. The highest BCUT2D eigenvalue weighted by Crippen LogP contribution is 2.11. The minimum atomic E-state index is -0.369. The van der Waals surface area contributed by atoms with E-state index >= 15 is 0 Å². The summed E-state index contributed by atoms with van der Waals surface area (Å²) in [7, 11) is 0. The molecule has 1 aromatic heterocycles. The van der Waals surface area contributed by atoms with Crippen LogP contribution in [0.4, 0.5) is 5.69 Å². The van der Waals surface area contributed by atoms with Gasteiger partial charge in [0.1, 0.15) is 0 Å². The highest BCUT2D eigenvalue weighted by Gasteiger charge is 1.96. The number of aryl methyl sites for hydroxylation is 1. The lowest BCUT2D eigenvalue weighted by molar-refractivity contribution is -0.117. The molecule has 4 N–H and O–H groups in total. The maximum absolute atomic E-state index is 10.4. The number of nitrogens with zero attached hydrogens (tertiary/aromatic N) is 1. The normalized spacial score (nSPS) is 10.6. The Morgan fingerprint density at radius 2 is 2.36 bits per heavy atom. The van der Waals surface area contributed by atoms with Crippen molar-refractivity contribution in [3.63, 3.8) is 0 Å². The van der Waals surface area contributed by atoms with Gasteiger partial charge in [-0.1, -0.05) is 6.08 Å². The zero-order chi connectivity index (χ0) is 10.6. The molecule has 14 heavy (non-hydrogen) atoms. The fourth-order valence-corrected chi connectivity index (χ4v) is 1.03. The molecule has 0 spiro atoms. The molecular formula is C10H13N3O. The Labute approximate surface area is 82.6 Å². The topological polar surface area (TPSA) is 82.0 Å². The summed E-state index contributed by atoms with van der Waals surface area (Å²) >= 11 is 0. The van der Waals surface area contributed by atoms with E-state index < -0.39 is 0 Å². The summed E-state index contributed by atoms with van der Waals surface area (Å²) in [5.41, 5.74) is 13.0. The Balaban J connectivity index is 2.76. The molecule has 4 nitrogen and oxygen atoms in total. The van der Waals surface area contributed by atoms with Gasteiger partial charge in [-0.15, -0.1) is 0 Å². The molecule has 1 heterocycles. The van der Waals surface area contributed by atoms with Crippen molar-refractivity contribution in [2.45, 2.75) is 13.3 Å². The number of nitrogen functional groups attached to an aromatic ring is 1. The number of pyridine rings is 1. The molecule has 0 aliphatic heterocycles. The molecular weight excluding hydrogens is 178 g/mol. The lowest BCUT2D eigenvalue weighted by Gasteiger charge is -1.99. The molecule has 0 aliphatic carbocycles.